The molecule has 0 bridgehead atoms. The van der Waals surface area contributed by atoms with Crippen LogP contribution >= 0.6 is 27.3 Å². The molecule has 0 aromatic carbocycles. The highest BCUT2D eigenvalue weighted by Crippen LogP contribution is 2.28. The van der Waals surface area contributed by atoms with Crippen LogP contribution in [0.1, 0.15) is 39.5 Å². The second-order valence-electron chi connectivity index (χ2n) is 7.19. The van der Waals surface area contributed by atoms with E-state index in [1.165, 1.54) is 0 Å². The minimum atomic E-state index is -3.18. The van der Waals surface area contributed by atoms with Gasteiger partial charge in [-0.15, -0.1) is 11.3 Å². The molecule has 148 valence electrons. The van der Waals surface area contributed by atoms with E-state index in [0.717, 1.165) is 53.4 Å². The summed E-state index contributed by atoms with van der Waals surface area (Å²) in [6.45, 7) is 4.29. The van der Waals surface area contributed by atoms with E-state index in [4.69, 9.17) is 0 Å². The molecule has 2 heterocycles. The molecule has 1 saturated carbocycles. The van der Waals surface area contributed by atoms with E-state index in [1.54, 1.807) is 25.2 Å². The van der Waals surface area contributed by atoms with Crippen LogP contribution in [0, 0.1) is 5.92 Å². The zero-order valence-corrected chi connectivity index (χ0v) is 18.7. The molecule has 0 saturated heterocycles. The van der Waals surface area contributed by atoms with Crippen molar-refractivity contribution in [3.8, 4) is 11.4 Å². The van der Waals surface area contributed by atoms with Crippen LogP contribution in [-0.2, 0) is 10.0 Å². The monoisotopic (exact) mass is 472 g/mol. The Hall–Kier alpha value is -1.03. The normalized spacial score (nSPS) is 20.7. The fourth-order valence-corrected chi connectivity index (χ4v) is 5.14. The first-order chi connectivity index (χ1) is 12.8. The summed E-state index contributed by atoms with van der Waals surface area (Å²) in [6.07, 6.45) is 3.82. The van der Waals surface area contributed by atoms with Crippen LogP contribution in [0.4, 0.5) is 5.13 Å². The van der Waals surface area contributed by atoms with Crippen molar-refractivity contribution in [2.45, 2.75) is 50.8 Å². The van der Waals surface area contributed by atoms with Crippen LogP contribution in [0.2, 0.25) is 0 Å². The van der Waals surface area contributed by atoms with Gasteiger partial charge in [0.15, 0.2) is 5.13 Å². The second-order valence-corrected chi connectivity index (χ2v) is 11.1. The highest BCUT2D eigenvalue weighted by Gasteiger charge is 2.26. The fourth-order valence-electron chi connectivity index (χ4n) is 3.11. The molecule has 1 aliphatic carbocycles. The highest BCUT2D eigenvalue weighted by atomic mass is 79.9. The van der Waals surface area contributed by atoms with Crippen LogP contribution in [-0.4, -0.2) is 36.2 Å². The molecule has 0 atom stereocenters. The van der Waals surface area contributed by atoms with Crippen molar-refractivity contribution >= 4 is 42.4 Å². The van der Waals surface area contributed by atoms with E-state index in [9.17, 15) is 8.42 Å². The van der Waals surface area contributed by atoms with Gasteiger partial charge in [-0.2, -0.15) is 0 Å². The van der Waals surface area contributed by atoms with Gasteiger partial charge in [-0.25, -0.2) is 23.1 Å². The predicted octanol–water partition coefficient (Wildman–Crippen LogP) is 4.27. The van der Waals surface area contributed by atoms with Crippen molar-refractivity contribution in [1.82, 2.24) is 14.7 Å². The average Bonchev–Trinajstić information content (AvgIpc) is 3.10. The average molecular weight is 473 g/mol. The number of thiazole rings is 1. The fraction of sp³-hybridized carbons (Fsp3) is 0.556. The molecule has 0 amide bonds. The molecular formula is C18H25BrN4O2S2. The van der Waals surface area contributed by atoms with Gasteiger partial charge in [-0.1, -0.05) is 6.07 Å². The number of halogens is 1. The smallest absolute Gasteiger partial charge is 0.214 e. The Labute approximate surface area is 173 Å². The van der Waals surface area contributed by atoms with Gasteiger partial charge in [-0.05, 0) is 73.5 Å². The Morgan fingerprint density at radius 1 is 1.19 bits per heavy atom. The molecule has 2 N–H and O–H groups in total. The number of aromatic nitrogens is 2. The third-order valence-corrected chi connectivity index (χ3v) is 7.97. The Morgan fingerprint density at radius 3 is 2.59 bits per heavy atom. The Balaban J connectivity index is 1.47. The summed E-state index contributed by atoms with van der Waals surface area (Å²) in [6, 6.07) is 5.86. The van der Waals surface area contributed by atoms with E-state index in [-0.39, 0.29) is 11.3 Å². The van der Waals surface area contributed by atoms with E-state index < -0.39 is 10.0 Å². The standard InChI is InChI=1S/C18H25BrN4O2S2/c1-12(2)27(24,25)23-14-8-6-13(7-9-14)10-20-18-22-16(11-26-18)15-4-3-5-17(19)21-15/h3-5,11-14,23H,6-10H2,1-2H3,(H,20,22). The molecule has 0 aliphatic heterocycles. The van der Waals surface area contributed by atoms with Gasteiger partial charge in [0, 0.05) is 18.0 Å². The molecule has 1 fully saturated rings. The first kappa shape index (κ1) is 20.7. The quantitative estimate of drug-likeness (QED) is 0.587. The number of pyridine rings is 1. The highest BCUT2D eigenvalue weighted by molar-refractivity contribution is 9.10. The Morgan fingerprint density at radius 2 is 1.93 bits per heavy atom. The van der Waals surface area contributed by atoms with E-state index in [0.29, 0.717) is 5.92 Å². The second kappa shape index (κ2) is 8.98. The maximum Gasteiger partial charge on any atom is 0.214 e. The molecule has 0 spiro atoms. The molecule has 0 unspecified atom stereocenters. The molecule has 2 aromatic heterocycles. The van der Waals surface area contributed by atoms with Crippen molar-refractivity contribution in [2.24, 2.45) is 5.92 Å². The SMILES string of the molecule is CC(C)S(=O)(=O)NC1CCC(CNc2nc(-c3cccc(Br)n3)cs2)CC1. The number of anilines is 1. The molecule has 6 nitrogen and oxygen atoms in total. The number of hydrogen-bond acceptors (Lipinski definition) is 6. The lowest BCUT2D eigenvalue weighted by molar-refractivity contribution is 0.323. The number of rotatable bonds is 7. The minimum Gasteiger partial charge on any atom is -0.361 e. The summed E-state index contributed by atoms with van der Waals surface area (Å²) in [5.74, 6) is 0.543. The summed E-state index contributed by atoms with van der Waals surface area (Å²) in [7, 11) is -3.18. The van der Waals surface area contributed by atoms with Crippen molar-refractivity contribution in [2.75, 3.05) is 11.9 Å². The molecular weight excluding hydrogens is 448 g/mol. The Kier molecular flexibility index (Phi) is 6.88. The van der Waals surface area contributed by atoms with E-state index in [1.807, 2.05) is 23.6 Å². The largest absolute Gasteiger partial charge is 0.361 e. The van der Waals surface area contributed by atoms with Crippen LogP contribution in [0.5, 0.6) is 0 Å². The summed E-state index contributed by atoms with van der Waals surface area (Å²) in [5.41, 5.74) is 1.72. The summed E-state index contributed by atoms with van der Waals surface area (Å²) in [5, 5.41) is 5.96. The van der Waals surface area contributed by atoms with Gasteiger partial charge >= 0.3 is 0 Å². The van der Waals surface area contributed by atoms with Crippen molar-refractivity contribution in [3.05, 3.63) is 28.2 Å². The summed E-state index contributed by atoms with van der Waals surface area (Å²) < 4.78 is 27.6. The maximum atomic E-state index is 12.0. The molecule has 3 rings (SSSR count). The van der Waals surface area contributed by atoms with Crippen LogP contribution in [0.3, 0.4) is 0 Å². The van der Waals surface area contributed by atoms with Gasteiger partial charge in [0.25, 0.3) is 0 Å². The maximum absolute atomic E-state index is 12.0. The van der Waals surface area contributed by atoms with Crippen molar-refractivity contribution < 1.29 is 8.42 Å². The van der Waals surface area contributed by atoms with Gasteiger partial charge < -0.3 is 5.32 Å². The zero-order chi connectivity index (χ0) is 19.4. The molecule has 27 heavy (non-hydrogen) atoms. The topological polar surface area (TPSA) is 84.0 Å². The molecule has 2 aromatic rings. The van der Waals surface area contributed by atoms with Crippen LogP contribution in [0.15, 0.2) is 28.2 Å². The lowest BCUT2D eigenvalue weighted by Gasteiger charge is -2.29. The third kappa shape index (κ3) is 5.73. The molecule has 0 radical (unpaired) electrons. The summed E-state index contributed by atoms with van der Waals surface area (Å²) >= 11 is 4.97. The molecule has 9 heteroatoms. The van der Waals surface area contributed by atoms with E-state index >= 15 is 0 Å². The van der Waals surface area contributed by atoms with Crippen molar-refractivity contribution in [1.29, 1.82) is 0 Å². The van der Waals surface area contributed by atoms with Gasteiger partial charge in [0.2, 0.25) is 10.0 Å². The van der Waals surface area contributed by atoms with E-state index in [2.05, 4.69) is 35.9 Å². The minimum absolute atomic E-state index is 0.0720. The van der Waals surface area contributed by atoms with Gasteiger partial charge in [-0.3, -0.25) is 0 Å². The number of sulfonamides is 1. The lowest BCUT2D eigenvalue weighted by Crippen LogP contribution is -2.41. The van der Waals surface area contributed by atoms with Gasteiger partial charge in [0.05, 0.1) is 10.9 Å². The summed E-state index contributed by atoms with van der Waals surface area (Å²) in [4.78, 5) is 9.05. The lowest BCUT2D eigenvalue weighted by atomic mass is 9.86. The van der Waals surface area contributed by atoms with Gasteiger partial charge in [0.1, 0.15) is 10.3 Å². The van der Waals surface area contributed by atoms with Crippen LogP contribution in [0.25, 0.3) is 11.4 Å². The number of nitrogens with zero attached hydrogens (tertiary/aromatic N) is 2. The first-order valence-corrected chi connectivity index (χ1v) is 12.4. The molecule has 1 aliphatic rings. The van der Waals surface area contributed by atoms with Crippen molar-refractivity contribution in [3.63, 3.8) is 0 Å². The zero-order valence-electron chi connectivity index (χ0n) is 15.5. The Bertz CT molecular complexity index is 862. The van der Waals surface area contributed by atoms with Crippen LogP contribution < -0.4 is 10.0 Å². The third-order valence-electron chi connectivity index (χ3n) is 4.82. The number of nitrogens with one attached hydrogen (secondary N) is 2. The number of hydrogen-bond donors (Lipinski definition) is 2. The first-order valence-electron chi connectivity index (χ1n) is 9.17. The predicted molar refractivity (Wildman–Crippen MR) is 114 cm³/mol.